The van der Waals surface area contributed by atoms with Gasteiger partial charge in [-0.25, -0.2) is 10.1 Å². The van der Waals surface area contributed by atoms with Crippen molar-refractivity contribution in [2.45, 2.75) is 0 Å². The lowest BCUT2D eigenvalue weighted by Gasteiger charge is -2.12. The van der Waals surface area contributed by atoms with Crippen LogP contribution in [0.4, 0.5) is 11.4 Å². The number of anilines is 2. The van der Waals surface area contributed by atoms with E-state index in [1.54, 1.807) is 24.3 Å². The van der Waals surface area contributed by atoms with Crippen LogP contribution in [0.3, 0.4) is 0 Å². The number of rotatable bonds is 4. The summed E-state index contributed by atoms with van der Waals surface area (Å²) in [5, 5.41) is 11.9. The lowest BCUT2D eigenvalue weighted by Crippen LogP contribution is -2.05. The van der Waals surface area contributed by atoms with E-state index in [1.807, 2.05) is 0 Å². The second-order valence-electron chi connectivity index (χ2n) is 4.02. The molecule has 0 amide bonds. The Hall–Kier alpha value is -1.95. The fourth-order valence-corrected chi connectivity index (χ4v) is 2.31. The molecule has 0 unspecified atom stereocenters. The van der Waals surface area contributed by atoms with Crippen LogP contribution in [-0.2, 0) is 4.74 Å². The summed E-state index contributed by atoms with van der Waals surface area (Å²) in [6, 6.07) is 9.84. The summed E-state index contributed by atoms with van der Waals surface area (Å²) in [7, 11) is 1.31. The van der Waals surface area contributed by atoms with Gasteiger partial charge in [0.2, 0.25) is 5.75 Å². The van der Waals surface area contributed by atoms with Gasteiger partial charge in [-0.15, -0.1) is 0 Å². The number of para-hydroxylation sites is 1. The smallest absolute Gasteiger partial charge is 0.339 e. The molecule has 5 nitrogen and oxygen atoms in total. The average molecular weight is 328 g/mol. The fourth-order valence-electron chi connectivity index (χ4n) is 1.75. The van der Waals surface area contributed by atoms with Gasteiger partial charge in [-0.05, 0) is 24.3 Å². The van der Waals surface area contributed by atoms with E-state index >= 15 is 0 Å². The molecule has 2 rings (SSSR count). The van der Waals surface area contributed by atoms with Crippen molar-refractivity contribution in [3.8, 4) is 5.75 Å². The van der Waals surface area contributed by atoms with Crippen molar-refractivity contribution in [3.05, 3.63) is 52.0 Å². The molecular formula is C14H11Cl2NO4. The van der Waals surface area contributed by atoms with Crippen molar-refractivity contribution >= 4 is 40.5 Å². The van der Waals surface area contributed by atoms with Gasteiger partial charge >= 0.3 is 5.97 Å². The molecule has 0 aliphatic carbocycles. The highest BCUT2D eigenvalue weighted by Gasteiger charge is 2.14. The highest BCUT2D eigenvalue weighted by Crippen LogP contribution is 2.36. The summed E-state index contributed by atoms with van der Waals surface area (Å²) in [5.74, 6) is -0.504. The molecular weight excluding hydrogens is 317 g/mol. The minimum absolute atomic E-state index is 0.0369. The van der Waals surface area contributed by atoms with Crippen LogP contribution < -0.4 is 10.2 Å². The average Bonchev–Trinajstić information content (AvgIpc) is 2.47. The van der Waals surface area contributed by atoms with Crippen LogP contribution in [0, 0.1) is 0 Å². The van der Waals surface area contributed by atoms with E-state index in [9.17, 15) is 4.79 Å². The lowest BCUT2D eigenvalue weighted by molar-refractivity contribution is -0.137. The van der Waals surface area contributed by atoms with E-state index in [-0.39, 0.29) is 15.8 Å². The Morgan fingerprint density at radius 1 is 1.19 bits per heavy atom. The topological polar surface area (TPSA) is 67.8 Å². The highest BCUT2D eigenvalue weighted by atomic mass is 35.5. The van der Waals surface area contributed by atoms with Gasteiger partial charge < -0.3 is 14.9 Å². The molecule has 0 heterocycles. The summed E-state index contributed by atoms with van der Waals surface area (Å²) in [4.78, 5) is 15.8. The maximum Gasteiger partial charge on any atom is 0.339 e. The third-order valence-electron chi connectivity index (χ3n) is 2.70. The molecule has 0 saturated heterocycles. The maximum absolute atomic E-state index is 11.7. The molecule has 21 heavy (non-hydrogen) atoms. The van der Waals surface area contributed by atoms with E-state index in [2.05, 4.69) is 10.2 Å². The number of carbonyl (C=O) groups excluding carboxylic acids is 1. The van der Waals surface area contributed by atoms with Crippen LogP contribution in [0.5, 0.6) is 5.75 Å². The number of esters is 1. The molecule has 0 aliphatic rings. The molecule has 0 bridgehead atoms. The Labute approximate surface area is 130 Å². The van der Waals surface area contributed by atoms with Gasteiger partial charge in [0, 0.05) is 5.69 Å². The summed E-state index contributed by atoms with van der Waals surface area (Å²) in [5.41, 5.74) is 1.44. The van der Waals surface area contributed by atoms with E-state index in [1.165, 1.54) is 19.2 Å². The number of halogens is 2. The van der Waals surface area contributed by atoms with Gasteiger partial charge in [0.05, 0.1) is 28.4 Å². The number of hydrogen-bond acceptors (Lipinski definition) is 5. The Kier molecular flexibility index (Phi) is 4.90. The van der Waals surface area contributed by atoms with Gasteiger partial charge in [-0.3, -0.25) is 0 Å². The predicted octanol–water partition coefficient (Wildman–Crippen LogP) is 4.38. The van der Waals surface area contributed by atoms with Crippen molar-refractivity contribution in [1.82, 2.24) is 0 Å². The fraction of sp³-hybridized carbons (Fsp3) is 0.0714. The molecule has 7 heteroatoms. The summed E-state index contributed by atoms with van der Waals surface area (Å²) >= 11 is 11.9. The van der Waals surface area contributed by atoms with E-state index in [0.29, 0.717) is 16.9 Å². The number of ether oxygens (including phenoxy) is 1. The van der Waals surface area contributed by atoms with Crippen molar-refractivity contribution in [2.24, 2.45) is 0 Å². The molecule has 2 aromatic carbocycles. The molecule has 0 atom stereocenters. The Morgan fingerprint density at radius 3 is 2.38 bits per heavy atom. The lowest BCUT2D eigenvalue weighted by atomic mass is 10.1. The number of methoxy groups -OCH3 is 1. The zero-order chi connectivity index (χ0) is 15.4. The standard InChI is InChI=1S/C14H11Cl2NO4/c1-20-14(18)9-4-2-3-5-12(9)17-8-6-10(15)13(21-19)11(16)7-8/h2-7,17,19H,1H3. The molecule has 0 fully saturated rings. The molecule has 0 radical (unpaired) electrons. The second-order valence-corrected chi connectivity index (χ2v) is 4.84. The normalized spacial score (nSPS) is 10.1. The molecule has 0 saturated carbocycles. The maximum atomic E-state index is 11.7. The van der Waals surface area contributed by atoms with Crippen molar-refractivity contribution < 1.29 is 19.7 Å². The number of hydrogen-bond donors (Lipinski definition) is 2. The van der Waals surface area contributed by atoms with Gasteiger partial charge in [-0.1, -0.05) is 35.3 Å². The van der Waals surface area contributed by atoms with Crippen molar-refractivity contribution in [1.29, 1.82) is 0 Å². The van der Waals surface area contributed by atoms with Gasteiger partial charge in [0.25, 0.3) is 0 Å². The molecule has 2 aromatic rings. The monoisotopic (exact) mass is 327 g/mol. The van der Waals surface area contributed by atoms with Crippen LogP contribution in [0.15, 0.2) is 36.4 Å². The van der Waals surface area contributed by atoms with Crippen LogP contribution in [0.25, 0.3) is 0 Å². The highest BCUT2D eigenvalue weighted by molar-refractivity contribution is 6.37. The summed E-state index contributed by atoms with van der Waals surface area (Å²) in [6.45, 7) is 0. The third kappa shape index (κ3) is 3.39. The van der Waals surface area contributed by atoms with Crippen LogP contribution in [0.2, 0.25) is 10.0 Å². The SMILES string of the molecule is COC(=O)c1ccccc1Nc1cc(Cl)c(OO)c(Cl)c1. The quantitative estimate of drug-likeness (QED) is 0.495. The van der Waals surface area contributed by atoms with Gasteiger partial charge in [0.15, 0.2) is 0 Å². The van der Waals surface area contributed by atoms with Crippen LogP contribution in [-0.4, -0.2) is 18.3 Å². The Bertz CT molecular complexity index is 653. The van der Waals surface area contributed by atoms with E-state index < -0.39 is 5.97 Å². The minimum Gasteiger partial charge on any atom is -0.465 e. The first-order valence-electron chi connectivity index (χ1n) is 5.81. The molecule has 0 spiro atoms. The summed E-state index contributed by atoms with van der Waals surface area (Å²) in [6.07, 6.45) is 0. The van der Waals surface area contributed by atoms with Gasteiger partial charge in [0.1, 0.15) is 0 Å². The molecule has 0 aliphatic heterocycles. The Balaban J connectivity index is 2.37. The summed E-state index contributed by atoms with van der Waals surface area (Å²) < 4.78 is 4.71. The second kappa shape index (κ2) is 6.67. The first-order valence-corrected chi connectivity index (χ1v) is 6.57. The molecule has 110 valence electrons. The first kappa shape index (κ1) is 15.4. The molecule has 0 aromatic heterocycles. The number of carbonyl (C=O) groups is 1. The first-order chi connectivity index (χ1) is 10.1. The molecule has 2 N–H and O–H groups in total. The largest absolute Gasteiger partial charge is 0.465 e. The van der Waals surface area contributed by atoms with E-state index in [4.69, 9.17) is 33.2 Å². The Morgan fingerprint density at radius 2 is 1.81 bits per heavy atom. The van der Waals surface area contributed by atoms with Crippen molar-refractivity contribution in [3.63, 3.8) is 0 Å². The van der Waals surface area contributed by atoms with E-state index in [0.717, 1.165) is 0 Å². The zero-order valence-corrected chi connectivity index (χ0v) is 12.4. The predicted molar refractivity (Wildman–Crippen MR) is 80.8 cm³/mol. The van der Waals surface area contributed by atoms with Gasteiger partial charge in [-0.2, -0.15) is 0 Å². The number of benzene rings is 2. The zero-order valence-electron chi connectivity index (χ0n) is 10.9. The number of nitrogens with one attached hydrogen (secondary N) is 1. The minimum atomic E-state index is -0.467. The third-order valence-corrected chi connectivity index (χ3v) is 3.26. The van der Waals surface area contributed by atoms with Crippen molar-refractivity contribution in [2.75, 3.05) is 12.4 Å². The van der Waals surface area contributed by atoms with Crippen LogP contribution >= 0.6 is 23.2 Å². The van der Waals surface area contributed by atoms with Crippen LogP contribution in [0.1, 0.15) is 10.4 Å².